The Kier molecular flexibility index (Phi) is 8.75. The van der Waals surface area contributed by atoms with Crippen LogP contribution in [-0.4, -0.2) is 11.9 Å². The van der Waals surface area contributed by atoms with Gasteiger partial charge < -0.3 is 0 Å². The van der Waals surface area contributed by atoms with Crippen molar-refractivity contribution in [2.75, 3.05) is 0 Å². The van der Waals surface area contributed by atoms with Gasteiger partial charge in [0.25, 0.3) is 0 Å². The van der Waals surface area contributed by atoms with E-state index in [2.05, 4.69) is 0 Å². The molecule has 6 heteroatoms. The van der Waals surface area contributed by atoms with Crippen molar-refractivity contribution in [3.8, 4) is 0 Å². The molecule has 0 aromatic heterocycles. The van der Waals surface area contributed by atoms with Gasteiger partial charge in [0.1, 0.15) is 0 Å². The van der Waals surface area contributed by atoms with Gasteiger partial charge in [0.05, 0.1) is 0 Å². The molecule has 0 spiro atoms. The summed E-state index contributed by atoms with van der Waals surface area (Å²) in [6, 6.07) is 58.2. The minimum atomic E-state index is -3.50. The molecule has 6 aromatic carbocycles. The van der Waals surface area contributed by atoms with Crippen LogP contribution in [0.5, 0.6) is 0 Å². The Morgan fingerprint density at radius 3 is 0.614 bits per heavy atom. The summed E-state index contributed by atoms with van der Waals surface area (Å²) in [4.78, 5) is 28.4. The molecule has 0 aliphatic carbocycles. The molecule has 0 N–H and O–H groups in total. The number of hydrogen-bond donors (Lipinski definition) is 0. The summed E-state index contributed by atoms with van der Waals surface area (Å²) in [5.41, 5.74) is 0. The molecular formula is C38H32O4P2. The summed E-state index contributed by atoms with van der Waals surface area (Å²) in [6.45, 7) is 0. The molecule has 0 atom stereocenters. The molecule has 218 valence electrons. The molecule has 0 aliphatic rings. The van der Waals surface area contributed by atoms with Gasteiger partial charge in [-0.15, -0.1) is 0 Å². The predicted octanol–water partition coefficient (Wildman–Crippen LogP) is 5.36. The van der Waals surface area contributed by atoms with Crippen molar-refractivity contribution in [1.29, 1.82) is 0 Å². The van der Waals surface area contributed by atoms with Crippen LogP contribution in [0.1, 0.15) is 0 Å². The third-order valence-electron chi connectivity index (χ3n) is 7.74. The van der Waals surface area contributed by atoms with Gasteiger partial charge in [-0.3, -0.25) is 0 Å². The number of benzene rings is 6. The SMILES string of the molecule is O=C(O[PH](c1ccccc1)(c1ccccc1)c1ccccc1)C(=O)O[PH](c1ccccc1)(c1ccccc1)c1ccccc1. The summed E-state index contributed by atoms with van der Waals surface area (Å²) >= 11 is 0. The van der Waals surface area contributed by atoms with E-state index in [0.29, 0.717) is 0 Å². The number of hydrogen-bond acceptors (Lipinski definition) is 4. The summed E-state index contributed by atoms with van der Waals surface area (Å²) in [5.74, 6) is -2.04. The van der Waals surface area contributed by atoms with Gasteiger partial charge >= 0.3 is 259 Å². The zero-order valence-corrected chi connectivity index (χ0v) is 26.0. The Balaban J connectivity index is 1.49. The van der Waals surface area contributed by atoms with Crippen molar-refractivity contribution in [3.63, 3.8) is 0 Å². The van der Waals surface area contributed by atoms with E-state index in [9.17, 15) is 9.59 Å². The van der Waals surface area contributed by atoms with E-state index in [1.807, 2.05) is 182 Å². The van der Waals surface area contributed by atoms with E-state index in [0.717, 1.165) is 31.8 Å². The molecule has 0 heterocycles. The van der Waals surface area contributed by atoms with Crippen molar-refractivity contribution in [3.05, 3.63) is 182 Å². The Labute approximate surface area is 258 Å². The topological polar surface area (TPSA) is 52.6 Å². The summed E-state index contributed by atoms with van der Waals surface area (Å²) in [7, 11) is -7.00. The maximum absolute atomic E-state index is 14.2. The quantitative estimate of drug-likeness (QED) is 0.171. The van der Waals surface area contributed by atoms with E-state index >= 15 is 0 Å². The molecule has 0 saturated carbocycles. The van der Waals surface area contributed by atoms with Gasteiger partial charge in [0.15, 0.2) is 0 Å². The molecular weight excluding hydrogens is 582 g/mol. The molecule has 0 aliphatic heterocycles. The zero-order valence-electron chi connectivity index (χ0n) is 24.0. The molecule has 0 amide bonds. The van der Waals surface area contributed by atoms with Gasteiger partial charge in [-0.05, 0) is 0 Å². The van der Waals surface area contributed by atoms with Crippen molar-refractivity contribution in [2.24, 2.45) is 0 Å². The normalized spacial score (nSPS) is 12.1. The molecule has 6 aromatic rings. The van der Waals surface area contributed by atoms with Gasteiger partial charge in [-0.2, -0.15) is 0 Å². The van der Waals surface area contributed by atoms with Crippen LogP contribution in [0.15, 0.2) is 182 Å². The standard InChI is InChI=1S/C38H32O4P2/c39-37(41-43(31-19-7-1-8-20-31,32-21-9-2-10-22-32)33-23-11-3-12-24-33)38(40)42-44(34-25-13-4-14-26-34,35-27-15-5-16-28-35)36-29-17-6-18-30-36/h1-30,43-44H. The van der Waals surface area contributed by atoms with E-state index in [1.54, 1.807) is 0 Å². The fourth-order valence-electron chi connectivity index (χ4n) is 5.75. The average molecular weight is 615 g/mol. The first kappa shape index (κ1) is 29.2. The third-order valence-corrected chi connectivity index (χ3v) is 15.6. The van der Waals surface area contributed by atoms with E-state index in [4.69, 9.17) is 9.05 Å². The summed E-state index contributed by atoms with van der Waals surface area (Å²) in [6.07, 6.45) is 0. The Hall–Kier alpha value is -4.88. The molecule has 0 radical (unpaired) electrons. The fourth-order valence-corrected chi connectivity index (χ4v) is 13.2. The molecule has 0 saturated heterocycles. The Morgan fingerprint density at radius 1 is 0.295 bits per heavy atom. The van der Waals surface area contributed by atoms with Crippen LogP contribution in [0, 0.1) is 0 Å². The number of rotatable bonds is 8. The summed E-state index contributed by atoms with van der Waals surface area (Å²) in [5, 5.41) is 5.06. The van der Waals surface area contributed by atoms with Gasteiger partial charge in [-0.25, -0.2) is 0 Å². The van der Waals surface area contributed by atoms with Crippen molar-refractivity contribution < 1.29 is 18.6 Å². The number of carbonyl (C=O) groups is 2. The van der Waals surface area contributed by atoms with Gasteiger partial charge in [0.2, 0.25) is 0 Å². The average Bonchev–Trinajstić information content (AvgIpc) is 3.11. The van der Waals surface area contributed by atoms with Crippen LogP contribution < -0.4 is 31.8 Å². The maximum atomic E-state index is 14.2. The van der Waals surface area contributed by atoms with Gasteiger partial charge in [-0.1, -0.05) is 0 Å². The molecule has 0 fully saturated rings. The van der Waals surface area contributed by atoms with Gasteiger partial charge in [0, 0.05) is 0 Å². The molecule has 4 nitrogen and oxygen atoms in total. The van der Waals surface area contributed by atoms with Crippen LogP contribution in [0.3, 0.4) is 0 Å². The van der Waals surface area contributed by atoms with Crippen LogP contribution in [0.4, 0.5) is 0 Å². The van der Waals surface area contributed by atoms with Crippen LogP contribution in [-0.2, 0) is 18.6 Å². The molecule has 0 bridgehead atoms. The van der Waals surface area contributed by atoms with Crippen molar-refractivity contribution >= 4 is 58.7 Å². The number of carbonyl (C=O) groups excluding carboxylic acids is 2. The van der Waals surface area contributed by atoms with Crippen molar-refractivity contribution in [1.82, 2.24) is 0 Å². The monoisotopic (exact) mass is 614 g/mol. The van der Waals surface area contributed by atoms with Crippen LogP contribution in [0.25, 0.3) is 0 Å². The minimum absolute atomic E-state index is 0.844. The first-order chi connectivity index (χ1) is 21.6. The second kappa shape index (κ2) is 13.2. The first-order valence-electron chi connectivity index (χ1n) is 14.4. The second-order valence-corrected chi connectivity index (χ2v) is 16.9. The van der Waals surface area contributed by atoms with E-state index in [1.165, 1.54) is 0 Å². The Morgan fingerprint density at radius 2 is 0.455 bits per heavy atom. The fraction of sp³-hybridized carbons (Fsp3) is 0. The second-order valence-electron chi connectivity index (χ2n) is 10.3. The molecule has 6 rings (SSSR count). The summed E-state index contributed by atoms with van der Waals surface area (Å²) < 4.78 is 13.1. The van der Waals surface area contributed by atoms with Crippen LogP contribution in [0.2, 0.25) is 0 Å². The van der Waals surface area contributed by atoms with E-state index < -0.39 is 26.9 Å². The zero-order chi connectivity index (χ0) is 30.2. The first-order valence-corrected chi connectivity index (χ1v) is 18.3. The van der Waals surface area contributed by atoms with Crippen LogP contribution >= 0.6 is 15.0 Å². The van der Waals surface area contributed by atoms with E-state index in [-0.39, 0.29) is 0 Å². The molecule has 44 heavy (non-hydrogen) atoms. The Bertz CT molecular complexity index is 1490. The third kappa shape index (κ3) is 5.58. The van der Waals surface area contributed by atoms with Crippen molar-refractivity contribution in [2.45, 2.75) is 0 Å². The predicted molar refractivity (Wildman–Crippen MR) is 185 cm³/mol. The molecule has 0 unspecified atom stereocenters.